The smallest absolute Gasteiger partial charge is 0.246 e. The van der Waals surface area contributed by atoms with E-state index in [1.165, 1.54) is 11.9 Å². The maximum Gasteiger partial charge on any atom is 0.246 e. The lowest BCUT2D eigenvalue weighted by Crippen LogP contribution is -2.38. The molecule has 0 bridgehead atoms. The molecule has 92 valence electrons. The Kier molecular flexibility index (Phi) is 3.26. The van der Waals surface area contributed by atoms with Gasteiger partial charge in [0.2, 0.25) is 11.8 Å². The molecule has 0 aromatic carbocycles. The number of nitrogens with zero attached hydrogens (tertiary/aromatic N) is 2. The highest BCUT2D eigenvalue weighted by atomic mass is 32.1. The molecule has 17 heavy (non-hydrogen) atoms. The minimum atomic E-state index is -0.410. The minimum absolute atomic E-state index is 0.0121. The van der Waals surface area contributed by atoms with Gasteiger partial charge in [0.1, 0.15) is 5.01 Å². The van der Waals surface area contributed by atoms with Crippen LogP contribution in [0.5, 0.6) is 0 Å². The van der Waals surface area contributed by atoms with Gasteiger partial charge in [-0.3, -0.25) is 19.8 Å². The summed E-state index contributed by atoms with van der Waals surface area (Å²) in [5.74, 6) is -0.287. The summed E-state index contributed by atoms with van der Waals surface area (Å²) in [5.41, 5.74) is 0.976. The Balaban J connectivity index is 2.02. The van der Waals surface area contributed by atoms with Crippen LogP contribution in [0.4, 0.5) is 0 Å². The largest absolute Gasteiger partial charge is 0.297 e. The number of rotatable bonds is 3. The first kappa shape index (κ1) is 12.2. The third-order valence-corrected chi connectivity index (χ3v) is 3.99. The number of hydrogen-bond donors (Lipinski definition) is 1. The Morgan fingerprint density at radius 1 is 1.59 bits per heavy atom. The zero-order chi connectivity index (χ0) is 12.6. The van der Waals surface area contributed by atoms with E-state index in [1.807, 2.05) is 19.2 Å². The first-order chi connectivity index (χ1) is 7.99. The van der Waals surface area contributed by atoms with Gasteiger partial charge in [0.05, 0.1) is 18.5 Å². The Morgan fingerprint density at radius 3 is 2.76 bits per heavy atom. The Hall–Kier alpha value is -1.27. The number of carbonyl (C=O) groups excluding carboxylic acids is 2. The topological polar surface area (TPSA) is 62.3 Å². The second kappa shape index (κ2) is 4.54. The molecule has 0 radical (unpaired) electrons. The van der Waals surface area contributed by atoms with E-state index >= 15 is 0 Å². The summed E-state index contributed by atoms with van der Waals surface area (Å²) >= 11 is 1.56. The van der Waals surface area contributed by atoms with E-state index in [-0.39, 0.29) is 24.3 Å². The summed E-state index contributed by atoms with van der Waals surface area (Å²) in [4.78, 5) is 28.6. The number of aryl methyl sites for hydroxylation is 1. The molecular formula is C11H15N3O2S. The van der Waals surface area contributed by atoms with Crippen LogP contribution in [0.15, 0.2) is 5.38 Å². The van der Waals surface area contributed by atoms with Gasteiger partial charge in [-0.05, 0) is 13.8 Å². The van der Waals surface area contributed by atoms with Gasteiger partial charge in [-0.15, -0.1) is 11.3 Å². The first-order valence-corrected chi connectivity index (χ1v) is 6.35. The minimum Gasteiger partial charge on any atom is -0.297 e. The van der Waals surface area contributed by atoms with Crippen LogP contribution in [0.25, 0.3) is 0 Å². The molecule has 1 N–H and O–H groups in total. The van der Waals surface area contributed by atoms with Crippen molar-refractivity contribution in [3.63, 3.8) is 0 Å². The lowest BCUT2D eigenvalue weighted by Gasteiger charge is -2.15. The van der Waals surface area contributed by atoms with Crippen molar-refractivity contribution < 1.29 is 9.59 Å². The molecule has 0 saturated carbocycles. The molecule has 2 heterocycles. The van der Waals surface area contributed by atoms with Gasteiger partial charge >= 0.3 is 0 Å². The SMILES string of the molecule is Cc1csc(C(C)NC2CC(=O)N(C)C2=O)n1. The number of hydrogen-bond acceptors (Lipinski definition) is 5. The number of aromatic nitrogens is 1. The van der Waals surface area contributed by atoms with Crippen molar-refractivity contribution in [1.29, 1.82) is 0 Å². The molecule has 1 aromatic heterocycles. The van der Waals surface area contributed by atoms with E-state index in [2.05, 4.69) is 10.3 Å². The average Bonchev–Trinajstić information content (AvgIpc) is 2.80. The molecule has 2 unspecified atom stereocenters. The molecule has 2 atom stereocenters. The van der Waals surface area contributed by atoms with Crippen LogP contribution in [0, 0.1) is 6.92 Å². The monoisotopic (exact) mass is 253 g/mol. The highest BCUT2D eigenvalue weighted by Crippen LogP contribution is 2.20. The number of likely N-dealkylation sites (tertiary alicyclic amines) is 1. The van der Waals surface area contributed by atoms with E-state index < -0.39 is 6.04 Å². The van der Waals surface area contributed by atoms with E-state index in [1.54, 1.807) is 11.3 Å². The molecule has 6 heteroatoms. The van der Waals surface area contributed by atoms with Gasteiger partial charge in [-0.25, -0.2) is 4.98 Å². The fourth-order valence-corrected chi connectivity index (χ4v) is 2.64. The zero-order valence-corrected chi connectivity index (χ0v) is 10.9. The number of imide groups is 1. The molecule has 0 spiro atoms. The number of amides is 2. The molecule has 1 saturated heterocycles. The average molecular weight is 253 g/mol. The van der Waals surface area contributed by atoms with Crippen molar-refractivity contribution >= 4 is 23.2 Å². The van der Waals surface area contributed by atoms with Crippen LogP contribution in [0.2, 0.25) is 0 Å². The number of thiazole rings is 1. The van der Waals surface area contributed by atoms with Crippen molar-refractivity contribution in [1.82, 2.24) is 15.2 Å². The Morgan fingerprint density at radius 2 is 2.29 bits per heavy atom. The van der Waals surface area contributed by atoms with Crippen LogP contribution in [-0.4, -0.2) is 34.8 Å². The van der Waals surface area contributed by atoms with Crippen molar-refractivity contribution in [3.05, 3.63) is 16.1 Å². The lowest BCUT2D eigenvalue weighted by atomic mass is 10.2. The molecule has 0 aliphatic carbocycles. The second-order valence-electron chi connectivity index (χ2n) is 4.26. The van der Waals surface area contributed by atoms with Gasteiger partial charge in [0.25, 0.3) is 0 Å². The van der Waals surface area contributed by atoms with Gasteiger partial charge in [-0.2, -0.15) is 0 Å². The van der Waals surface area contributed by atoms with Crippen LogP contribution < -0.4 is 5.32 Å². The summed E-state index contributed by atoms with van der Waals surface area (Å²) in [7, 11) is 1.52. The Labute approximate surface area is 104 Å². The fraction of sp³-hybridized carbons (Fsp3) is 0.545. The third-order valence-electron chi connectivity index (χ3n) is 2.84. The van der Waals surface area contributed by atoms with Gasteiger partial charge in [0.15, 0.2) is 0 Å². The van der Waals surface area contributed by atoms with Crippen molar-refractivity contribution in [2.45, 2.75) is 32.4 Å². The summed E-state index contributed by atoms with van der Waals surface area (Å²) in [6.07, 6.45) is 0.240. The third kappa shape index (κ3) is 2.37. The summed E-state index contributed by atoms with van der Waals surface area (Å²) < 4.78 is 0. The van der Waals surface area contributed by atoms with E-state index in [0.29, 0.717) is 0 Å². The van der Waals surface area contributed by atoms with Crippen molar-refractivity contribution in [3.8, 4) is 0 Å². The fourth-order valence-electron chi connectivity index (χ4n) is 1.83. The predicted molar refractivity (Wildman–Crippen MR) is 64.6 cm³/mol. The van der Waals surface area contributed by atoms with Crippen LogP contribution in [0.3, 0.4) is 0 Å². The number of likely N-dealkylation sites (N-methyl/N-ethyl adjacent to an activating group) is 1. The lowest BCUT2D eigenvalue weighted by molar-refractivity contribution is -0.137. The highest BCUT2D eigenvalue weighted by molar-refractivity contribution is 7.09. The maximum absolute atomic E-state index is 11.7. The summed E-state index contributed by atoms with van der Waals surface area (Å²) in [6, 6.07) is -0.423. The van der Waals surface area contributed by atoms with Crippen LogP contribution >= 0.6 is 11.3 Å². The first-order valence-electron chi connectivity index (χ1n) is 5.47. The van der Waals surface area contributed by atoms with Crippen LogP contribution in [-0.2, 0) is 9.59 Å². The van der Waals surface area contributed by atoms with E-state index in [0.717, 1.165) is 10.7 Å². The standard InChI is InChI=1S/C11H15N3O2S/c1-6-5-17-10(12-6)7(2)13-8-4-9(15)14(3)11(8)16/h5,7-8,13H,4H2,1-3H3. The molecule has 1 aliphatic rings. The second-order valence-corrected chi connectivity index (χ2v) is 5.15. The summed E-state index contributed by atoms with van der Waals surface area (Å²) in [5, 5.41) is 6.07. The maximum atomic E-state index is 11.7. The molecule has 1 aliphatic heterocycles. The number of carbonyl (C=O) groups is 2. The Bertz CT molecular complexity index is 457. The van der Waals surface area contributed by atoms with Crippen LogP contribution in [0.1, 0.15) is 30.1 Å². The highest BCUT2D eigenvalue weighted by Gasteiger charge is 2.36. The predicted octanol–water partition coefficient (Wildman–Crippen LogP) is 0.859. The van der Waals surface area contributed by atoms with E-state index in [9.17, 15) is 9.59 Å². The zero-order valence-electron chi connectivity index (χ0n) is 10.1. The van der Waals surface area contributed by atoms with E-state index in [4.69, 9.17) is 0 Å². The molecule has 1 aromatic rings. The molecule has 5 nitrogen and oxygen atoms in total. The normalized spacial score (nSPS) is 22.3. The van der Waals surface area contributed by atoms with Crippen molar-refractivity contribution in [2.75, 3.05) is 7.05 Å². The summed E-state index contributed by atoms with van der Waals surface area (Å²) in [6.45, 7) is 3.89. The number of nitrogens with one attached hydrogen (secondary N) is 1. The van der Waals surface area contributed by atoms with Gasteiger partial charge < -0.3 is 0 Å². The van der Waals surface area contributed by atoms with Crippen molar-refractivity contribution in [2.24, 2.45) is 0 Å². The molecular weight excluding hydrogens is 238 g/mol. The quantitative estimate of drug-likeness (QED) is 0.812. The van der Waals surface area contributed by atoms with Gasteiger partial charge in [-0.1, -0.05) is 0 Å². The molecule has 2 rings (SSSR count). The van der Waals surface area contributed by atoms with Gasteiger partial charge in [0, 0.05) is 18.1 Å². The molecule has 1 fully saturated rings. The molecule has 2 amide bonds.